The number of rotatable bonds is 7. The molecule has 4 nitrogen and oxygen atoms in total. The molecule has 1 heterocycles. The summed E-state index contributed by atoms with van der Waals surface area (Å²) in [5, 5.41) is 6.68. The maximum Gasteiger partial charge on any atom is 0.191 e. The summed E-state index contributed by atoms with van der Waals surface area (Å²) >= 11 is 1.85. The molecule has 2 rings (SSSR count). The number of guanidine groups is 1. The fourth-order valence-corrected chi connectivity index (χ4v) is 3.06. The standard InChI is InChI=1S/C18H25N3OS.HI/c1-4-16-9-10-17(23-16)13-21-18(19-5-2)20-12-14-7-6-8-15(11-14)22-3;/h6-11H,4-5,12-13H2,1-3H3,(H2,19,20,21);1H. The number of ether oxygens (including phenoxy) is 1. The summed E-state index contributed by atoms with van der Waals surface area (Å²) in [6, 6.07) is 12.4. The third-order valence-electron chi connectivity index (χ3n) is 3.39. The molecule has 0 amide bonds. The molecule has 1 aromatic carbocycles. The van der Waals surface area contributed by atoms with Gasteiger partial charge in [0.1, 0.15) is 5.75 Å². The number of hydrogen-bond acceptors (Lipinski definition) is 3. The Morgan fingerprint density at radius 3 is 2.58 bits per heavy atom. The second kappa shape index (κ2) is 11.3. The Morgan fingerprint density at radius 2 is 1.92 bits per heavy atom. The van der Waals surface area contributed by atoms with E-state index < -0.39 is 0 Å². The number of nitrogens with zero attached hydrogens (tertiary/aromatic N) is 1. The van der Waals surface area contributed by atoms with E-state index in [9.17, 15) is 0 Å². The molecule has 1 aromatic heterocycles. The van der Waals surface area contributed by atoms with Gasteiger partial charge >= 0.3 is 0 Å². The van der Waals surface area contributed by atoms with Crippen molar-refractivity contribution in [2.45, 2.75) is 33.4 Å². The molecule has 2 aromatic rings. The van der Waals surface area contributed by atoms with Crippen LogP contribution in [0.2, 0.25) is 0 Å². The van der Waals surface area contributed by atoms with Gasteiger partial charge in [-0.15, -0.1) is 35.3 Å². The van der Waals surface area contributed by atoms with E-state index in [-0.39, 0.29) is 24.0 Å². The van der Waals surface area contributed by atoms with Crippen molar-refractivity contribution < 1.29 is 4.74 Å². The maximum absolute atomic E-state index is 5.25. The normalized spacial score (nSPS) is 10.9. The van der Waals surface area contributed by atoms with E-state index in [1.807, 2.05) is 29.5 Å². The van der Waals surface area contributed by atoms with Crippen LogP contribution in [0.25, 0.3) is 0 Å². The zero-order chi connectivity index (χ0) is 16.5. The molecule has 0 fully saturated rings. The average Bonchev–Trinajstić information content (AvgIpc) is 3.05. The van der Waals surface area contributed by atoms with Gasteiger partial charge < -0.3 is 15.4 Å². The summed E-state index contributed by atoms with van der Waals surface area (Å²) < 4.78 is 5.25. The predicted molar refractivity (Wildman–Crippen MR) is 114 cm³/mol. The number of nitrogens with one attached hydrogen (secondary N) is 2. The minimum Gasteiger partial charge on any atom is -0.497 e. The largest absolute Gasteiger partial charge is 0.497 e. The van der Waals surface area contributed by atoms with Gasteiger partial charge in [0.15, 0.2) is 5.96 Å². The van der Waals surface area contributed by atoms with Crippen LogP contribution in [0.1, 0.15) is 29.2 Å². The second-order valence-corrected chi connectivity index (χ2v) is 6.37. The number of hydrogen-bond donors (Lipinski definition) is 2. The van der Waals surface area contributed by atoms with Crippen molar-refractivity contribution in [3.63, 3.8) is 0 Å². The summed E-state index contributed by atoms with van der Waals surface area (Å²) in [6.45, 7) is 6.52. The van der Waals surface area contributed by atoms with Crippen molar-refractivity contribution in [3.05, 3.63) is 51.7 Å². The molecule has 0 spiro atoms. The van der Waals surface area contributed by atoms with Gasteiger partial charge in [-0.2, -0.15) is 0 Å². The number of aryl methyl sites for hydroxylation is 1. The Balaban J connectivity index is 0.00000288. The van der Waals surface area contributed by atoms with Crippen LogP contribution in [-0.4, -0.2) is 19.6 Å². The lowest BCUT2D eigenvalue weighted by Crippen LogP contribution is -2.36. The molecule has 0 unspecified atom stereocenters. The maximum atomic E-state index is 5.25. The first-order valence-corrected chi connectivity index (χ1v) is 8.79. The summed E-state index contributed by atoms with van der Waals surface area (Å²) in [5.41, 5.74) is 1.13. The summed E-state index contributed by atoms with van der Waals surface area (Å²) in [6.07, 6.45) is 1.09. The van der Waals surface area contributed by atoms with Crippen LogP contribution >= 0.6 is 35.3 Å². The molecule has 6 heteroatoms. The number of benzene rings is 1. The van der Waals surface area contributed by atoms with Gasteiger partial charge in [0.25, 0.3) is 0 Å². The van der Waals surface area contributed by atoms with Crippen molar-refractivity contribution in [2.75, 3.05) is 13.7 Å². The third-order valence-corrected chi connectivity index (χ3v) is 4.62. The van der Waals surface area contributed by atoms with Crippen LogP contribution in [0.3, 0.4) is 0 Å². The van der Waals surface area contributed by atoms with Crippen molar-refractivity contribution in [2.24, 2.45) is 4.99 Å². The van der Waals surface area contributed by atoms with Gasteiger partial charge in [-0.3, -0.25) is 0 Å². The van der Waals surface area contributed by atoms with Gasteiger partial charge in [0, 0.05) is 16.3 Å². The van der Waals surface area contributed by atoms with Crippen LogP contribution in [-0.2, 0) is 19.5 Å². The van der Waals surface area contributed by atoms with E-state index in [0.29, 0.717) is 6.54 Å². The fourth-order valence-electron chi connectivity index (χ4n) is 2.16. The van der Waals surface area contributed by atoms with E-state index in [4.69, 9.17) is 4.74 Å². The van der Waals surface area contributed by atoms with Gasteiger partial charge in [-0.05, 0) is 43.2 Å². The Kier molecular flexibility index (Phi) is 9.78. The minimum atomic E-state index is 0. The van der Waals surface area contributed by atoms with Gasteiger partial charge in [0.2, 0.25) is 0 Å². The van der Waals surface area contributed by atoms with E-state index in [1.165, 1.54) is 9.75 Å². The van der Waals surface area contributed by atoms with E-state index >= 15 is 0 Å². The van der Waals surface area contributed by atoms with Crippen LogP contribution in [0.5, 0.6) is 5.75 Å². The average molecular weight is 459 g/mol. The second-order valence-electron chi connectivity index (χ2n) is 5.12. The Hall–Kier alpha value is -1.28. The zero-order valence-corrected chi connectivity index (χ0v) is 17.6. The van der Waals surface area contributed by atoms with Crippen LogP contribution in [0.4, 0.5) is 0 Å². The van der Waals surface area contributed by atoms with Crippen molar-refractivity contribution >= 4 is 41.3 Å². The highest BCUT2D eigenvalue weighted by molar-refractivity contribution is 14.0. The molecule has 0 saturated carbocycles. The highest BCUT2D eigenvalue weighted by Crippen LogP contribution is 2.16. The first kappa shape index (κ1) is 20.8. The Labute approximate surface area is 165 Å². The molecule has 0 saturated heterocycles. The van der Waals surface area contributed by atoms with E-state index in [0.717, 1.165) is 36.8 Å². The first-order chi connectivity index (χ1) is 11.2. The third kappa shape index (κ3) is 6.68. The molecule has 132 valence electrons. The fraction of sp³-hybridized carbons (Fsp3) is 0.389. The van der Waals surface area contributed by atoms with E-state index in [2.05, 4.69) is 47.7 Å². The molecule has 0 aliphatic heterocycles. The van der Waals surface area contributed by atoms with Crippen molar-refractivity contribution in [3.8, 4) is 5.75 Å². The highest BCUT2D eigenvalue weighted by Gasteiger charge is 2.02. The SMILES string of the molecule is CCNC(=NCc1cccc(OC)c1)NCc1ccc(CC)s1.I. The Bertz CT molecular complexity index is 643. The van der Waals surface area contributed by atoms with Crippen molar-refractivity contribution in [1.29, 1.82) is 0 Å². The Morgan fingerprint density at radius 1 is 1.12 bits per heavy atom. The van der Waals surface area contributed by atoms with Crippen LogP contribution in [0, 0.1) is 0 Å². The molecular weight excluding hydrogens is 433 g/mol. The van der Waals surface area contributed by atoms with Gasteiger partial charge in [-0.1, -0.05) is 19.1 Å². The molecule has 0 bridgehead atoms. The zero-order valence-electron chi connectivity index (χ0n) is 14.5. The van der Waals surface area contributed by atoms with Gasteiger partial charge in [0.05, 0.1) is 20.2 Å². The molecule has 2 N–H and O–H groups in total. The predicted octanol–water partition coefficient (Wildman–Crippen LogP) is 4.19. The van der Waals surface area contributed by atoms with Crippen molar-refractivity contribution in [1.82, 2.24) is 10.6 Å². The monoisotopic (exact) mass is 459 g/mol. The molecule has 0 aliphatic rings. The molecular formula is C18H26IN3OS. The quantitative estimate of drug-likeness (QED) is 0.371. The smallest absolute Gasteiger partial charge is 0.191 e. The summed E-state index contributed by atoms with van der Waals surface area (Å²) in [7, 11) is 1.68. The van der Waals surface area contributed by atoms with E-state index in [1.54, 1.807) is 7.11 Å². The first-order valence-electron chi connectivity index (χ1n) is 7.97. The lowest BCUT2D eigenvalue weighted by Gasteiger charge is -2.10. The topological polar surface area (TPSA) is 45.7 Å². The van der Waals surface area contributed by atoms with Crippen LogP contribution in [0.15, 0.2) is 41.4 Å². The molecule has 0 radical (unpaired) electrons. The lowest BCUT2D eigenvalue weighted by molar-refractivity contribution is 0.414. The summed E-state index contributed by atoms with van der Waals surface area (Å²) in [5.74, 6) is 1.70. The van der Waals surface area contributed by atoms with Gasteiger partial charge in [-0.25, -0.2) is 4.99 Å². The van der Waals surface area contributed by atoms with Crippen LogP contribution < -0.4 is 15.4 Å². The molecule has 24 heavy (non-hydrogen) atoms. The number of aliphatic imine (C=N–C) groups is 1. The lowest BCUT2D eigenvalue weighted by atomic mass is 10.2. The number of halogens is 1. The number of methoxy groups -OCH3 is 1. The highest BCUT2D eigenvalue weighted by atomic mass is 127. The molecule has 0 aliphatic carbocycles. The summed E-state index contributed by atoms with van der Waals surface area (Å²) in [4.78, 5) is 7.39. The minimum absolute atomic E-state index is 0. The molecule has 0 atom stereocenters. The number of thiophene rings is 1.